The summed E-state index contributed by atoms with van der Waals surface area (Å²) in [5, 5.41) is 3.58. The summed E-state index contributed by atoms with van der Waals surface area (Å²) < 4.78 is 11.6. The Kier molecular flexibility index (Phi) is 7.20. The van der Waals surface area contributed by atoms with Crippen LogP contribution >= 0.6 is 0 Å². The van der Waals surface area contributed by atoms with Crippen LogP contribution in [0.1, 0.15) is 49.8 Å². The van der Waals surface area contributed by atoms with Gasteiger partial charge in [0.15, 0.2) is 0 Å². The molecule has 2 unspecified atom stereocenters. The molecule has 1 aliphatic rings. The van der Waals surface area contributed by atoms with Crippen molar-refractivity contribution in [1.82, 2.24) is 5.32 Å². The molecule has 1 fully saturated rings. The third-order valence-electron chi connectivity index (χ3n) is 3.98. The van der Waals surface area contributed by atoms with Gasteiger partial charge in [-0.1, -0.05) is 36.8 Å². The van der Waals surface area contributed by atoms with Crippen molar-refractivity contribution in [1.29, 1.82) is 0 Å². The lowest BCUT2D eigenvalue weighted by Crippen LogP contribution is -2.29. The van der Waals surface area contributed by atoms with Crippen LogP contribution in [0.5, 0.6) is 0 Å². The average Bonchev–Trinajstić information content (AvgIpc) is 2.53. The molecule has 1 saturated heterocycles. The highest BCUT2D eigenvalue weighted by atomic mass is 16.5. The maximum atomic E-state index is 5.93. The largest absolute Gasteiger partial charge is 0.377 e. The number of hydrogen-bond acceptors (Lipinski definition) is 3. The molecule has 0 bridgehead atoms. The molecule has 2 atom stereocenters. The van der Waals surface area contributed by atoms with E-state index in [2.05, 4.69) is 43.4 Å². The number of hydrogen-bond donors (Lipinski definition) is 1. The highest BCUT2D eigenvalue weighted by molar-refractivity contribution is 5.24. The normalized spacial score (nSPS) is 20.4. The molecule has 0 amide bonds. The molecule has 0 radical (unpaired) electrons. The summed E-state index contributed by atoms with van der Waals surface area (Å²) in [6, 6.07) is 9.00. The Bertz CT molecular complexity index is 385. The average molecular weight is 291 g/mol. The first-order valence-corrected chi connectivity index (χ1v) is 8.29. The number of rotatable bonds is 8. The first kappa shape index (κ1) is 16.5. The Balaban J connectivity index is 1.82. The summed E-state index contributed by atoms with van der Waals surface area (Å²) in [7, 11) is 0. The number of benzene rings is 1. The monoisotopic (exact) mass is 291 g/mol. The maximum Gasteiger partial charge on any atom is 0.0808 e. The van der Waals surface area contributed by atoms with Gasteiger partial charge in [0.25, 0.3) is 0 Å². The summed E-state index contributed by atoms with van der Waals surface area (Å²) in [5.74, 6) is 0. The van der Waals surface area contributed by atoms with Gasteiger partial charge in [-0.3, -0.25) is 0 Å². The van der Waals surface area contributed by atoms with E-state index >= 15 is 0 Å². The summed E-state index contributed by atoms with van der Waals surface area (Å²) in [6.45, 7) is 7.65. The molecule has 0 aromatic heterocycles. The van der Waals surface area contributed by atoms with Crippen molar-refractivity contribution in [2.24, 2.45) is 0 Å². The van der Waals surface area contributed by atoms with Crippen molar-refractivity contribution in [2.75, 3.05) is 26.4 Å². The second-order valence-corrected chi connectivity index (χ2v) is 5.94. The van der Waals surface area contributed by atoms with E-state index in [0.717, 1.165) is 32.6 Å². The van der Waals surface area contributed by atoms with E-state index in [9.17, 15) is 0 Å². The Hall–Kier alpha value is -0.900. The zero-order valence-electron chi connectivity index (χ0n) is 13.4. The minimum Gasteiger partial charge on any atom is -0.377 e. The van der Waals surface area contributed by atoms with Gasteiger partial charge < -0.3 is 14.8 Å². The fourth-order valence-electron chi connectivity index (χ4n) is 2.65. The molecular formula is C18H29NO2. The van der Waals surface area contributed by atoms with Gasteiger partial charge in [-0.2, -0.15) is 0 Å². The van der Waals surface area contributed by atoms with Gasteiger partial charge in [-0.15, -0.1) is 0 Å². The fourth-order valence-corrected chi connectivity index (χ4v) is 2.65. The SMILES string of the molecule is CCCNC(COCC1CCCCO1)c1ccc(C)cc1. The molecule has 1 aliphatic heterocycles. The number of aryl methyl sites for hydroxylation is 1. The van der Waals surface area contributed by atoms with Crippen LogP contribution in [-0.2, 0) is 9.47 Å². The summed E-state index contributed by atoms with van der Waals surface area (Å²) >= 11 is 0. The quantitative estimate of drug-likeness (QED) is 0.793. The van der Waals surface area contributed by atoms with Crippen LogP contribution in [0.2, 0.25) is 0 Å². The first-order chi connectivity index (χ1) is 10.3. The summed E-state index contributed by atoms with van der Waals surface area (Å²) in [6.07, 6.45) is 5.03. The van der Waals surface area contributed by atoms with Crippen molar-refractivity contribution in [3.8, 4) is 0 Å². The minimum atomic E-state index is 0.272. The first-order valence-electron chi connectivity index (χ1n) is 8.29. The van der Waals surface area contributed by atoms with E-state index in [1.807, 2.05) is 0 Å². The van der Waals surface area contributed by atoms with Gasteiger partial charge in [0.05, 0.1) is 25.4 Å². The van der Waals surface area contributed by atoms with Gasteiger partial charge in [-0.05, 0) is 44.7 Å². The predicted octanol–water partition coefficient (Wildman–Crippen LogP) is 3.62. The van der Waals surface area contributed by atoms with Crippen molar-refractivity contribution in [3.05, 3.63) is 35.4 Å². The second-order valence-electron chi connectivity index (χ2n) is 5.94. The number of nitrogens with one attached hydrogen (secondary N) is 1. The Morgan fingerprint density at radius 1 is 1.29 bits per heavy atom. The molecule has 118 valence electrons. The third-order valence-corrected chi connectivity index (χ3v) is 3.98. The van der Waals surface area contributed by atoms with Crippen LogP contribution < -0.4 is 5.32 Å². The Morgan fingerprint density at radius 3 is 2.76 bits per heavy atom. The molecule has 0 saturated carbocycles. The maximum absolute atomic E-state index is 5.93. The lowest BCUT2D eigenvalue weighted by Gasteiger charge is -2.24. The predicted molar refractivity (Wildman–Crippen MR) is 86.6 cm³/mol. The van der Waals surface area contributed by atoms with E-state index in [0.29, 0.717) is 12.7 Å². The molecule has 1 N–H and O–H groups in total. The summed E-state index contributed by atoms with van der Waals surface area (Å²) in [5.41, 5.74) is 2.60. The van der Waals surface area contributed by atoms with Crippen LogP contribution in [0, 0.1) is 6.92 Å². The fraction of sp³-hybridized carbons (Fsp3) is 0.667. The van der Waals surface area contributed by atoms with Crippen molar-refractivity contribution < 1.29 is 9.47 Å². The van der Waals surface area contributed by atoms with Crippen LogP contribution in [0.4, 0.5) is 0 Å². The van der Waals surface area contributed by atoms with Crippen LogP contribution in [0.15, 0.2) is 24.3 Å². The zero-order valence-corrected chi connectivity index (χ0v) is 13.4. The van der Waals surface area contributed by atoms with Crippen molar-refractivity contribution >= 4 is 0 Å². The molecule has 3 heteroatoms. The van der Waals surface area contributed by atoms with Gasteiger partial charge in [0.1, 0.15) is 0 Å². The van der Waals surface area contributed by atoms with E-state index in [1.165, 1.54) is 24.0 Å². The summed E-state index contributed by atoms with van der Waals surface area (Å²) in [4.78, 5) is 0. The van der Waals surface area contributed by atoms with E-state index < -0.39 is 0 Å². The van der Waals surface area contributed by atoms with Crippen LogP contribution in [-0.4, -0.2) is 32.5 Å². The second kappa shape index (κ2) is 9.19. The molecule has 21 heavy (non-hydrogen) atoms. The van der Waals surface area contributed by atoms with Gasteiger partial charge in [0, 0.05) is 6.61 Å². The Labute approximate surface area is 129 Å². The van der Waals surface area contributed by atoms with E-state index in [4.69, 9.17) is 9.47 Å². The highest BCUT2D eigenvalue weighted by Crippen LogP contribution is 2.17. The van der Waals surface area contributed by atoms with Gasteiger partial charge in [0.2, 0.25) is 0 Å². The smallest absolute Gasteiger partial charge is 0.0808 e. The zero-order chi connectivity index (χ0) is 14.9. The minimum absolute atomic E-state index is 0.272. The molecule has 1 aromatic carbocycles. The molecule has 1 heterocycles. The van der Waals surface area contributed by atoms with Crippen LogP contribution in [0.25, 0.3) is 0 Å². The third kappa shape index (κ3) is 5.77. The molecule has 3 nitrogen and oxygen atoms in total. The van der Waals surface area contributed by atoms with Gasteiger partial charge in [-0.25, -0.2) is 0 Å². The lowest BCUT2D eigenvalue weighted by atomic mass is 10.1. The topological polar surface area (TPSA) is 30.5 Å². The lowest BCUT2D eigenvalue weighted by molar-refractivity contribution is -0.0442. The molecule has 0 spiro atoms. The molecule has 0 aliphatic carbocycles. The van der Waals surface area contributed by atoms with E-state index in [-0.39, 0.29) is 6.04 Å². The van der Waals surface area contributed by atoms with Crippen molar-refractivity contribution in [2.45, 2.75) is 51.7 Å². The molecule has 2 rings (SSSR count). The van der Waals surface area contributed by atoms with Crippen LogP contribution in [0.3, 0.4) is 0 Å². The Morgan fingerprint density at radius 2 is 2.10 bits per heavy atom. The molecular weight excluding hydrogens is 262 g/mol. The van der Waals surface area contributed by atoms with Crippen molar-refractivity contribution in [3.63, 3.8) is 0 Å². The van der Waals surface area contributed by atoms with E-state index in [1.54, 1.807) is 0 Å². The van der Waals surface area contributed by atoms with Gasteiger partial charge >= 0.3 is 0 Å². The standard InChI is InChI=1S/C18H29NO2/c1-3-11-19-18(16-9-7-15(2)8-10-16)14-20-13-17-6-4-5-12-21-17/h7-10,17-19H,3-6,11-14H2,1-2H3. The molecule has 1 aromatic rings. The highest BCUT2D eigenvalue weighted by Gasteiger charge is 2.16. The number of ether oxygens (including phenoxy) is 2.